The molecular weight excluding hydrogens is 557 g/mol. The fraction of sp³-hybridized carbons (Fsp3) is 0. The van der Waals surface area contributed by atoms with E-state index in [-0.39, 0.29) is 0 Å². The topological polar surface area (TPSA) is 43.6 Å². The minimum Gasteiger partial charge on any atom is -0.277 e. The van der Waals surface area contributed by atoms with Crippen molar-refractivity contribution >= 4 is 33.6 Å². The van der Waals surface area contributed by atoms with Crippen LogP contribution >= 0.6 is 11.8 Å². The highest BCUT2D eigenvalue weighted by molar-refractivity contribution is 7.99. The molecule has 0 unspecified atom stereocenters. The molecule has 0 spiro atoms. The minimum absolute atomic E-state index is 0.599. The van der Waals surface area contributed by atoms with Crippen LogP contribution in [0.1, 0.15) is 0 Å². The lowest BCUT2D eigenvalue weighted by Gasteiger charge is -2.15. The van der Waals surface area contributed by atoms with Gasteiger partial charge in [0.25, 0.3) is 0 Å². The summed E-state index contributed by atoms with van der Waals surface area (Å²) in [7, 11) is 0. The van der Waals surface area contributed by atoms with Crippen LogP contribution in [0, 0.1) is 0 Å². The van der Waals surface area contributed by atoms with E-state index < -0.39 is 0 Å². The molecule has 0 N–H and O–H groups in total. The van der Waals surface area contributed by atoms with E-state index in [9.17, 15) is 0 Å². The van der Waals surface area contributed by atoms with Gasteiger partial charge in [-0.15, -0.1) is 0 Å². The first-order chi connectivity index (χ1) is 21.8. The van der Waals surface area contributed by atoms with Crippen LogP contribution in [-0.2, 0) is 0 Å². The first kappa shape index (κ1) is 25.0. The quantitative estimate of drug-likeness (QED) is 0.209. The molecule has 0 aliphatic carbocycles. The third-order valence-corrected chi connectivity index (χ3v) is 9.42. The summed E-state index contributed by atoms with van der Waals surface area (Å²) in [6.45, 7) is 0. The molecule has 1 aliphatic heterocycles. The summed E-state index contributed by atoms with van der Waals surface area (Å²) < 4.78 is 2.25. The van der Waals surface area contributed by atoms with Gasteiger partial charge < -0.3 is 0 Å². The zero-order valence-corrected chi connectivity index (χ0v) is 24.4. The van der Waals surface area contributed by atoms with Crippen molar-refractivity contribution in [2.45, 2.75) is 9.79 Å². The molecule has 0 radical (unpaired) electrons. The number of nitrogens with zero attached hydrogens (tertiary/aromatic N) is 4. The van der Waals surface area contributed by atoms with Crippen molar-refractivity contribution in [3.05, 3.63) is 146 Å². The van der Waals surface area contributed by atoms with Crippen LogP contribution in [0.4, 0.5) is 0 Å². The van der Waals surface area contributed by atoms with E-state index in [0.717, 1.165) is 27.5 Å². The molecule has 206 valence electrons. The van der Waals surface area contributed by atoms with Crippen LogP contribution in [0.25, 0.3) is 72.8 Å². The van der Waals surface area contributed by atoms with Gasteiger partial charge in [-0.2, -0.15) is 9.97 Å². The highest BCUT2D eigenvalue weighted by Gasteiger charge is 2.26. The van der Waals surface area contributed by atoms with Crippen LogP contribution in [-0.4, -0.2) is 19.5 Å². The van der Waals surface area contributed by atoms with Crippen molar-refractivity contribution in [2.75, 3.05) is 0 Å². The normalized spacial score (nSPS) is 12.0. The second kappa shape index (κ2) is 10.0. The number of benzene rings is 6. The van der Waals surface area contributed by atoms with E-state index in [4.69, 9.17) is 15.0 Å². The van der Waals surface area contributed by atoms with E-state index in [0.29, 0.717) is 17.6 Å². The standard InChI is InChI=1S/C39H24N4S/c1-3-13-25(14-4-1)37-40-38(26-15-5-2-6-16-26)42-39(41-37)43-32-21-11-9-18-28(32)31-23-24-34-35(36(31)43)30-20-8-7-17-27(30)29-19-10-12-22-33(29)44-34/h1-24H. The second-order valence-corrected chi connectivity index (χ2v) is 11.9. The maximum Gasteiger partial charge on any atom is 0.238 e. The van der Waals surface area contributed by atoms with E-state index >= 15 is 0 Å². The Bertz CT molecular complexity index is 2300. The Balaban J connectivity index is 1.43. The number of hydrogen-bond donors (Lipinski definition) is 0. The van der Waals surface area contributed by atoms with Crippen LogP contribution in [0.3, 0.4) is 0 Å². The van der Waals surface area contributed by atoms with Crippen molar-refractivity contribution < 1.29 is 0 Å². The van der Waals surface area contributed by atoms with Crippen molar-refractivity contribution in [1.82, 2.24) is 19.5 Å². The van der Waals surface area contributed by atoms with Gasteiger partial charge in [-0.25, -0.2) is 4.98 Å². The van der Waals surface area contributed by atoms with Gasteiger partial charge in [0.05, 0.1) is 11.0 Å². The monoisotopic (exact) mass is 580 g/mol. The Morgan fingerprint density at radius 2 is 1.02 bits per heavy atom. The smallest absolute Gasteiger partial charge is 0.238 e. The van der Waals surface area contributed by atoms with E-state index in [1.807, 2.05) is 48.2 Å². The molecule has 5 heteroatoms. The molecule has 0 bridgehead atoms. The summed E-state index contributed by atoms with van der Waals surface area (Å²) in [6, 6.07) is 50.8. The summed E-state index contributed by atoms with van der Waals surface area (Å²) in [4.78, 5) is 17.8. The van der Waals surface area contributed by atoms with Gasteiger partial charge in [-0.05, 0) is 34.9 Å². The van der Waals surface area contributed by atoms with E-state index in [1.165, 1.54) is 37.4 Å². The number of fused-ring (bicyclic) bond motifs is 9. The molecule has 2 aromatic heterocycles. The average Bonchev–Trinajstić information content (AvgIpc) is 3.35. The van der Waals surface area contributed by atoms with Crippen LogP contribution in [0.2, 0.25) is 0 Å². The maximum absolute atomic E-state index is 5.17. The molecule has 8 aromatic rings. The molecule has 0 saturated heterocycles. The lowest BCUT2D eigenvalue weighted by molar-refractivity contribution is 0.953. The Morgan fingerprint density at radius 3 is 1.75 bits per heavy atom. The van der Waals surface area contributed by atoms with E-state index in [2.05, 4.69) is 114 Å². The summed E-state index contributed by atoms with van der Waals surface area (Å²) in [6.07, 6.45) is 0. The zero-order chi connectivity index (χ0) is 29.0. The molecule has 3 heterocycles. The van der Waals surface area contributed by atoms with Crippen molar-refractivity contribution in [3.63, 3.8) is 0 Å². The van der Waals surface area contributed by atoms with Crippen molar-refractivity contribution in [3.8, 4) is 51.0 Å². The van der Waals surface area contributed by atoms with Gasteiger partial charge in [0.1, 0.15) is 0 Å². The lowest BCUT2D eigenvalue weighted by Crippen LogP contribution is -2.07. The Kier molecular flexibility index (Phi) is 5.71. The Morgan fingerprint density at radius 1 is 0.432 bits per heavy atom. The first-order valence-corrected chi connectivity index (χ1v) is 15.5. The van der Waals surface area contributed by atoms with Gasteiger partial charge in [0, 0.05) is 37.3 Å². The Hall–Kier alpha value is -5.52. The predicted octanol–water partition coefficient (Wildman–Crippen LogP) is 10.1. The van der Waals surface area contributed by atoms with Gasteiger partial charge in [0.2, 0.25) is 5.95 Å². The molecule has 44 heavy (non-hydrogen) atoms. The van der Waals surface area contributed by atoms with Gasteiger partial charge in [-0.3, -0.25) is 4.57 Å². The molecule has 6 aromatic carbocycles. The maximum atomic E-state index is 5.17. The molecule has 0 atom stereocenters. The molecule has 0 saturated carbocycles. The number of para-hydroxylation sites is 1. The largest absolute Gasteiger partial charge is 0.277 e. The summed E-state index contributed by atoms with van der Waals surface area (Å²) in [5, 5.41) is 2.33. The number of aromatic nitrogens is 4. The number of rotatable bonds is 3. The van der Waals surface area contributed by atoms with Crippen LogP contribution in [0.15, 0.2) is 155 Å². The lowest BCUT2D eigenvalue weighted by atomic mass is 9.93. The first-order valence-electron chi connectivity index (χ1n) is 14.6. The molecular formula is C39H24N4S. The van der Waals surface area contributed by atoms with Crippen molar-refractivity contribution in [2.24, 2.45) is 0 Å². The third kappa shape index (κ3) is 3.90. The fourth-order valence-electron chi connectivity index (χ4n) is 6.32. The summed E-state index contributed by atoms with van der Waals surface area (Å²) >= 11 is 1.82. The minimum atomic E-state index is 0.599. The van der Waals surface area contributed by atoms with E-state index in [1.54, 1.807) is 0 Å². The summed E-state index contributed by atoms with van der Waals surface area (Å²) in [5.74, 6) is 1.88. The molecule has 0 amide bonds. The zero-order valence-electron chi connectivity index (χ0n) is 23.6. The molecule has 1 aliphatic rings. The second-order valence-electron chi connectivity index (χ2n) is 10.8. The SMILES string of the molecule is c1ccc(-c2nc(-c3ccccc3)nc(-n3c4ccccc4c4ccc5c(c43)-c3ccccc3-c3ccccc3S5)n2)cc1. The number of hydrogen-bond acceptors (Lipinski definition) is 4. The Labute approximate surface area is 258 Å². The molecule has 9 rings (SSSR count). The predicted molar refractivity (Wildman–Crippen MR) is 180 cm³/mol. The van der Waals surface area contributed by atoms with Gasteiger partial charge >= 0.3 is 0 Å². The van der Waals surface area contributed by atoms with Crippen LogP contribution in [0.5, 0.6) is 0 Å². The average molecular weight is 581 g/mol. The fourth-order valence-corrected chi connectivity index (χ4v) is 7.44. The highest BCUT2D eigenvalue weighted by atomic mass is 32.2. The van der Waals surface area contributed by atoms with Crippen molar-refractivity contribution in [1.29, 1.82) is 0 Å². The third-order valence-electron chi connectivity index (χ3n) is 8.28. The van der Waals surface area contributed by atoms with Crippen LogP contribution < -0.4 is 0 Å². The highest BCUT2D eigenvalue weighted by Crippen LogP contribution is 2.51. The molecule has 0 fully saturated rings. The molecule has 4 nitrogen and oxygen atoms in total. The summed E-state index contributed by atoms with van der Waals surface area (Å²) in [5.41, 5.74) is 8.93. The van der Waals surface area contributed by atoms with Gasteiger partial charge in [0.15, 0.2) is 11.6 Å². The van der Waals surface area contributed by atoms with Gasteiger partial charge in [-0.1, -0.05) is 139 Å².